The fourth-order valence-corrected chi connectivity index (χ4v) is 4.52. The van der Waals surface area contributed by atoms with Crippen molar-refractivity contribution in [3.8, 4) is 17.0 Å². The minimum absolute atomic E-state index is 0.142. The van der Waals surface area contributed by atoms with E-state index in [1.807, 2.05) is 12.1 Å². The van der Waals surface area contributed by atoms with Crippen LogP contribution in [0.25, 0.3) is 11.3 Å². The van der Waals surface area contributed by atoms with E-state index in [0.29, 0.717) is 17.2 Å². The van der Waals surface area contributed by atoms with Gasteiger partial charge >= 0.3 is 6.36 Å². The van der Waals surface area contributed by atoms with Crippen molar-refractivity contribution < 1.29 is 26.3 Å². The number of nitrogens with one attached hydrogen (secondary N) is 2. The third-order valence-electron chi connectivity index (χ3n) is 5.77. The third-order valence-corrected chi connectivity index (χ3v) is 7.20. The summed E-state index contributed by atoms with van der Waals surface area (Å²) in [6.07, 6.45) is -4.76. The molecule has 0 spiro atoms. The molecule has 0 atom stereocenters. The number of nitrogens with zero attached hydrogens (tertiary/aromatic N) is 3. The number of anilines is 3. The molecule has 2 aromatic carbocycles. The van der Waals surface area contributed by atoms with Gasteiger partial charge in [-0.2, -0.15) is 0 Å². The molecular formula is C24H26F3N5O3S. The number of ether oxygens (including phenoxy) is 1. The van der Waals surface area contributed by atoms with Crippen LogP contribution in [0.2, 0.25) is 0 Å². The normalized spacial score (nSPS) is 15.1. The summed E-state index contributed by atoms with van der Waals surface area (Å²) < 4.78 is 67.7. The number of rotatable bonds is 7. The van der Waals surface area contributed by atoms with Crippen LogP contribution in [0.3, 0.4) is 0 Å². The van der Waals surface area contributed by atoms with Gasteiger partial charge in [0.25, 0.3) is 0 Å². The Kier molecular flexibility index (Phi) is 7.38. The fourth-order valence-electron chi connectivity index (χ4n) is 3.79. The molecule has 1 aliphatic rings. The zero-order chi connectivity index (χ0) is 25.9. The van der Waals surface area contributed by atoms with Gasteiger partial charge in [-0.3, -0.25) is 0 Å². The molecule has 2 N–H and O–H groups in total. The first-order valence-electron chi connectivity index (χ1n) is 11.1. The smallest absolute Gasteiger partial charge is 0.406 e. The van der Waals surface area contributed by atoms with Crippen LogP contribution in [-0.4, -0.2) is 64.9 Å². The zero-order valence-electron chi connectivity index (χ0n) is 19.7. The van der Waals surface area contributed by atoms with E-state index in [4.69, 9.17) is 0 Å². The summed E-state index contributed by atoms with van der Waals surface area (Å²) in [6.45, 7) is 3.44. The van der Waals surface area contributed by atoms with Crippen molar-refractivity contribution in [3.63, 3.8) is 0 Å². The molecule has 36 heavy (non-hydrogen) atoms. The van der Waals surface area contributed by atoms with Crippen LogP contribution in [0.5, 0.6) is 5.75 Å². The minimum Gasteiger partial charge on any atom is -0.406 e. The molecule has 0 amide bonds. The van der Waals surface area contributed by atoms with Gasteiger partial charge < -0.3 is 19.9 Å². The lowest BCUT2D eigenvalue weighted by molar-refractivity contribution is -0.274. The number of aromatic nitrogens is 1. The SMILES string of the molecule is CNS(=O)(=O)c1ccc(-c2cc(N3CCN(C)CC3)cc(Nc3ccc(OC(F)(F)F)cc3)n2)cc1. The number of halogens is 3. The quantitative estimate of drug-likeness (QED) is 0.485. The average molecular weight is 522 g/mol. The number of piperazine rings is 1. The molecule has 4 rings (SSSR count). The summed E-state index contributed by atoms with van der Waals surface area (Å²) in [5.74, 6) is 0.183. The van der Waals surface area contributed by atoms with E-state index >= 15 is 0 Å². The molecule has 3 aromatic rings. The third kappa shape index (κ3) is 6.45. The summed E-state index contributed by atoms with van der Waals surface area (Å²) in [5.41, 5.74) is 2.81. The van der Waals surface area contributed by atoms with Crippen LogP contribution in [0.15, 0.2) is 65.6 Å². The molecule has 8 nitrogen and oxygen atoms in total. The maximum absolute atomic E-state index is 12.5. The lowest BCUT2D eigenvalue weighted by atomic mass is 10.1. The van der Waals surface area contributed by atoms with Crippen molar-refractivity contribution in [1.29, 1.82) is 0 Å². The first kappa shape index (κ1) is 25.7. The number of sulfonamides is 1. The Balaban J connectivity index is 1.65. The van der Waals surface area contributed by atoms with Crippen LogP contribution in [-0.2, 0) is 10.0 Å². The number of benzene rings is 2. The minimum atomic E-state index is -4.76. The highest BCUT2D eigenvalue weighted by Gasteiger charge is 2.31. The van der Waals surface area contributed by atoms with E-state index in [9.17, 15) is 21.6 Å². The molecule has 12 heteroatoms. The second-order valence-corrected chi connectivity index (χ2v) is 10.2. The fraction of sp³-hybridized carbons (Fsp3) is 0.292. The maximum Gasteiger partial charge on any atom is 0.573 e. The largest absolute Gasteiger partial charge is 0.573 e. The molecule has 0 radical (unpaired) electrons. The monoisotopic (exact) mass is 521 g/mol. The van der Waals surface area contributed by atoms with Gasteiger partial charge in [0.1, 0.15) is 11.6 Å². The van der Waals surface area contributed by atoms with E-state index < -0.39 is 16.4 Å². The Morgan fingerprint density at radius 3 is 2.17 bits per heavy atom. The van der Waals surface area contributed by atoms with Gasteiger partial charge in [-0.05, 0) is 56.6 Å². The van der Waals surface area contributed by atoms with Crippen LogP contribution in [0.4, 0.5) is 30.4 Å². The Morgan fingerprint density at radius 2 is 1.58 bits per heavy atom. The lowest BCUT2D eigenvalue weighted by Gasteiger charge is -2.34. The van der Waals surface area contributed by atoms with E-state index in [-0.39, 0.29) is 10.6 Å². The predicted octanol–water partition coefficient (Wildman–Crippen LogP) is 4.05. The molecule has 1 fully saturated rings. The van der Waals surface area contributed by atoms with E-state index in [1.165, 1.54) is 43.4 Å². The average Bonchev–Trinajstić information content (AvgIpc) is 2.85. The van der Waals surface area contributed by atoms with Crippen molar-refractivity contribution in [2.45, 2.75) is 11.3 Å². The maximum atomic E-state index is 12.5. The van der Waals surface area contributed by atoms with Crippen molar-refractivity contribution in [2.24, 2.45) is 0 Å². The second kappa shape index (κ2) is 10.3. The lowest BCUT2D eigenvalue weighted by Crippen LogP contribution is -2.44. The first-order chi connectivity index (χ1) is 17.0. The van der Waals surface area contributed by atoms with Gasteiger partial charge in [0.05, 0.1) is 10.6 Å². The van der Waals surface area contributed by atoms with Gasteiger partial charge in [-0.1, -0.05) is 12.1 Å². The number of pyridine rings is 1. The molecule has 0 saturated carbocycles. The molecule has 0 bridgehead atoms. The summed E-state index contributed by atoms with van der Waals surface area (Å²) in [4.78, 5) is 9.29. The van der Waals surface area contributed by atoms with Crippen LogP contribution < -0.4 is 19.7 Å². The van der Waals surface area contributed by atoms with E-state index in [2.05, 4.69) is 36.6 Å². The van der Waals surface area contributed by atoms with Crippen molar-refractivity contribution in [1.82, 2.24) is 14.6 Å². The second-order valence-electron chi connectivity index (χ2n) is 8.32. The molecule has 192 valence electrons. The Morgan fingerprint density at radius 1 is 0.944 bits per heavy atom. The molecule has 1 aliphatic heterocycles. The highest BCUT2D eigenvalue weighted by molar-refractivity contribution is 7.89. The highest BCUT2D eigenvalue weighted by Crippen LogP contribution is 2.30. The van der Waals surface area contributed by atoms with Crippen molar-refractivity contribution in [2.75, 3.05) is 50.5 Å². The van der Waals surface area contributed by atoms with Gasteiger partial charge in [0.15, 0.2) is 0 Å². The Bertz CT molecular complexity index is 1290. The topological polar surface area (TPSA) is 86.8 Å². The number of hydrogen-bond donors (Lipinski definition) is 2. The zero-order valence-corrected chi connectivity index (χ0v) is 20.5. The Labute approximate surface area is 207 Å². The summed E-state index contributed by atoms with van der Waals surface area (Å²) in [6, 6.07) is 15.6. The molecule has 1 saturated heterocycles. The Hall–Kier alpha value is -3.35. The van der Waals surface area contributed by atoms with Gasteiger partial charge in [0, 0.05) is 49.2 Å². The van der Waals surface area contributed by atoms with Crippen LogP contribution in [0.1, 0.15) is 0 Å². The van der Waals surface area contributed by atoms with Gasteiger partial charge in [-0.25, -0.2) is 18.1 Å². The summed E-state index contributed by atoms with van der Waals surface area (Å²) >= 11 is 0. The number of hydrogen-bond acceptors (Lipinski definition) is 7. The van der Waals surface area contributed by atoms with Gasteiger partial charge in [0.2, 0.25) is 10.0 Å². The van der Waals surface area contributed by atoms with Gasteiger partial charge in [-0.15, -0.1) is 13.2 Å². The van der Waals surface area contributed by atoms with Crippen molar-refractivity contribution >= 4 is 27.2 Å². The number of likely N-dealkylation sites (N-methyl/N-ethyl adjacent to an activating group) is 1. The van der Waals surface area contributed by atoms with E-state index in [1.54, 1.807) is 12.1 Å². The van der Waals surface area contributed by atoms with Crippen LogP contribution in [0, 0.1) is 0 Å². The predicted molar refractivity (Wildman–Crippen MR) is 132 cm³/mol. The van der Waals surface area contributed by atoms with Crippen molar-refractivity contribution in [3.05, 3.63) is 60.7 Å². The standard InChI is InChI=1S/C24H26F3N5O3S/c1-28-36(33,34)21-9-3-17(4-10-21)22-15-19(32-13-11-31(2)12-14-32)16-23(30-22)29-18-5-7-20(8-6-18)35-24(25,26)27/h3-10,15-16,28H,11-14H2,1-2H3,(H,29,30). The molecule has 0 aliphatic carbocycles. The first-order valence-corrected chi connectivity index (χ1v) is 12.6. The molecule has 0 unspecified atom stereocenters. The number of alkyl halides is 3. The van der Waals surface area contributed by atoms with Crippen LogP contribution >= 0.6 is 0 Å². The summed E-state index contributed by atoms with van der Waals surface area (Å²) in [5, 5.41) is 3.15. The summed E-state index contributed by atoms with van der Waals surface area (Å²) in [7, 11) is -0.152. The molecular weight excluding hydrogens is 495 g/mol. The van der Waals surface area contributed by atoms with E-state index in [0.717, 1.165) is 37.4 Å². The molecule has 1 aromatic heterocycles. The highest BCUT2D eigenvalue weighted by atomic mass is 32.2. The molecule has 2 heterocycles.